The lowest BCUT2D eigenvalue weighted by Crippen LogP contribution is -2.46. The van der Waals surface area contributed by atoms with Crippen LogP contribution in [0.25, 0.3) is 0 Å². The van der Waals surface area contributed by atoms with E-state index < -0.39 is 0 Å². The first-order valence-corrected chi connectivity index (χ1v) is 5.54. The van der Waals surface area contributed by atoms with Gasteiger partial charge in [-0.25, -0.2) is 0 Å². The normalized spacial score (nSPS) is 30.1. The molecule has 3 heteroatoms. The summed E-state index contributed by atoms with van der Waals surface area (Å²) < 4.78 is 0. The predicted molar refractivity (Wildman–Crippen MR) is 54.8 cm³/mol. The standard InChI is InChI=1S/C10H18ClNO/c1-7-4-3-5-8(2)10(7)12-9(13)6-11/h7-8,10H,3-6H2,1-2H3,(H,12,13)/t7-,8-/m1/s1. The zero-order valence-electron chi connectivity index (χ0n) is 8.35. The highest BCUT2D eigenvalue weighted by Gasteiger charge is 2.28. The molecule has 0 radical (unpaired) electrons. The molecule has 0 heterocycles. The molecule has 1 aliphatic rings. The molecule has 0 aliphatic heterocycles. The molecular formula is C10H18ClNO. The van der Waals surface area contributed by atoms with Crippen molar-refractivity contribution in [1.29, 1.82) is 0 Å². The maximum absolute atomic E-state index is 11.1. The monoisotopic (exact) mass is 203 g/mol. The van der Waals surface area contributed by atoms with Gasteiger partial charge in [-0.3, -0.25) is 4.79 Å². The minimum Gasteiger partial charge on any atom is -0.352 e. The third-order valence-corrected chi connectivity index (χ3v) is 3.24. The lowest BCUT2D eigenvalue weighted by molar-refractivity contribution is -0.120. The highest BCUT2D eigenvalue weighted by Crippen LogP contribution is 2.28. The molecular weight excluding hydrogens is 186 g/mol. The highest BCUT2D eigenvalue weighted by molar-refractivity contribution is 6.27. The van der Waals surface area contributed by atoms with Crippen molar-refractivity contribution >= 4 is 17.5 Å². The number of alkyl halides is 1. The van der Waals surface area contributed by atoms with Crippen molar-refractivity contribution in [3.63, 3.8) is 0 Å². The Balaban J connectivity index is 2.48. The van der Waals surface area contributed by atoms with E-state index in [-0.39, 0.29) is 11.8 Å². The summed E-state index contributed by atoms with van der Waals surface area (Å²) in [5.41, 5.74) is 0. The van der Waals surface area contributed by atoms with Crippen molar-refractivity contribution in [2.24, 2.45) is 11.8 Å². The quantitative estimate of drug-likeness (QED) is 0.685. The average Bonchev–Trinajstić information content (AvgIpc) is 2.11. The van der Waals surface area contributed by atoms with E-state index in [0.717, 1.165) is 0 Å². The third-order valence-electron chi connectivity index (χ3n) is 2.99. The summed E-state index contributed by atoms with van der Waals surface area (Å²) in [6.07, 6.45) is 3.73. The SMILES string of the molecule is C[C@@H]1CCC[C@@H](C)C1NC(=O)CCl. The van der Waals surface area contributed by atoms with Crippen LogP contribution in [0.1, 0.15) is 33.1 Å². The number of amides is 1. The Morgan fingerprint density at radius 1 is 1.38 bits per heavy atom. The van der Waals surface area contributed by atoms with E-state index in [0.29, 0.717) is 17.9 Å². The zero-order valence-corrected chi connectivity index (χ0v) is 9.10. The van der Waals surface area contributed by atoms with Crippen LogP contribution in [-0.4, -0.2) is 17.8 Å². The van der Waals surface area contributed by atoms with Crippen molar-refractivity contribution in [3.8, 4) is 0 Å². The van der Waals surface area contributed by atoms with Crippen LogP contribution in [0, 0.1) is 11.8 Å². The lowest BCUT2D eigenvalue weighted by Gasteiger charge is -2.34. The molecule has 0 unspecified atom stereocenters. The van der Waals surface area contributed by atoms with Crippen LogP contribution in [0.2, 0.25) is 0 Å². The Hall–Kier alpha value is -0.240. The molecule has 1 saturated carbocycles. The van der Waals surface area contributed by atoms with E-state index in [1.54, 1.807) is 0 Å². The first kappa shape index (κ1) is 10.8. The Labute approximate surface area is 85.0 Å². The van der Waals surface area contributed by atoms with Crippen LogP contribution in [0.4, 0.5) is 0 Å². The molecule has 0 aromatic heterocycles. The van der Waals surface area contributed by atoms with Crippen LogP contribution in [0.3, 0.4) is 0 Å². The fourth-order valence-corrected chi connectivity index (χ4v) is 2.27. The summed E-state index contributed by atoms with van der Waals surface area (Å²) in [6, 6.07) is 0.333. The molecule has 1 N–H and O–H groups in total. The topological polar surface area (TPSA) is 29.1 Å². The minimum absolute atomic E-state index is 0.0349. The molecule has 1 rings (SSSR count). The van der Waals surface area contributed by atoms with Gasteiger partial charge in [0.2, 0.25) is 5.91 Å². The fraction of sp³-hybridized carbons (Fsp3) is 0.900. The second-order valence-corrected chi connectivity index (χ2v) is 4.38. The fourth-order valence-electron chi connectivity index (χ4n) is 2.19. The van der Waals surface area contributed by atoms with Gasteiger partial charge in [0.15, 0.2) is 0 Å². The molecule has 2 atom stereocenters. The van der Waals surface area contributed by atoms with E-state index >= 15 is 0 Å². The molecule has 1 fully saturated rings. The Kier molecular flexibility index (Phi) is 4.04. The van der Waals surface area contributed by atoms with Gasteiger partial charge in [0.1, 0.15) is 5.88 Å². The van der Waals surface area contributed by atoms with Crippen molar-refractivity contribution in [1.82, 2.24) is 5.32 Å². The van der Waals surface area contributed by atoms with Gasteiger partial charge in [0.05, 0.1) is 0 Å². The van der Waals surface area contributed by atoms with Crippen LogP contribution >= 0.6 is 11.6 Å². The van der Waals surface area contributed by atoms with Gasteiger partial charge in [-0.15, -0.1) is 11.6 Å². The van der Waals surface area contributed by atoms with Crippen molar-refractivity contribution < 1.29 is 4.79 Å². The van der Waals surface area contributed by atoms with Crippen LogP contribution in [-0.2, 0) is 4.79 Å². The maximum Gasteiger partial charge on any atom is 0.235 e. The summed E-state index contributed by atoms with van der Waals surface area (Å²) in [6.45, 7) is 4.41. The number of carbonyl (C=O) groups excluding carboxylic acids is 1. The predicted octanol–water partition coefficient (Wildman–Crippen LogP) is 2.17. The second-order valence-electron chi connectivity index (χ2n) is 4.11. The molecule has 0 spiro atoms. The number of hydrogen-bond acceptors (Lipinski definition) is 1. The Morgan fingerprint density at radius 3 is 2.38 bits per heavy atom. The Bertz CT molecular complexity index is 174. The zero-order chi connectivity index (χ0) is 9.84. The number of rotatable bonds is 2. The van der Waals surface area contributed by atoms with E-state index in [9.17, 15) is 4.79 Å². The summed E-state index contributed by atoms with van der Waals surface area (Å²) in [5, 5.41) is 3.00. The van der Waals surface area contributed by atoms with Gasteiger partial charge < -0.3 is 5.32 Å². The third kappa shape index (κ3) is 2.87. The molecule has 76 valence electrons. The summed E-state index contributed by atoms with van der Waals surface area (Å²) in [7, 11) is 0. The number of halogens is 1. The van der Waals surface area contributed by atoms with Crippen molar-refractivity contribution in [2.45, 2.75) is 39.2 Å². The van der Waals surface area contributed by atoms with Crippen molar-refractivity contribution in [3.05, 3.63) is 0 Å². The summed E-state index contributed by atoms with van der Waals surface area (Å²) in [5.74, 6) is 1.23. The van der Waals surface area contributed by atoms with Gasteiger partial charge in [0, 0.05) is 6.04 Å². The van der Waals surface area contributed by atoms with E-state index in [4.69, 9.17) is 11.6 Å². The smallest absolute Gasteiger partial charge is 0.235 e. The molecule has 1 amide bonds. The largest absolute Gasteiger partial charge is 0.352 e. The van der Waals surface area contributed by atoms with Crippen molar-refractivity contribution in [2.75, 3.05) is 5.88 Å². The van der Waals surface area contributed by atoms with E-state index in [2.05, 4.69) is 19.2 Å². The van der Waals surface area contributed by atoms with Gasteiger partial charge in [-0.2, -0.15) is 0 Å². The van der Waals surface area contributed by atoms with E-state index in [1.165, 1.54) is 19.3 Å². The molecule has 0 aromatic carbocycles. The average molecular weight is 204 g/mol. The van der Waals surface area contributed by atoms with Crippen LogP contribution < -0.4 is 5.32 Å². The molecule has 0 bridgehead atoms. The van der Waals surface area contributed by atoms with Gasteiger partial charge in [0.25, 0.3) is 0 Å². The number of hydrogen-bond donors (Lipinski definition) is 1. The molecule has 0 saturated heterocycles. The van der Waals surface area contributed by atoms with Gasteiger partial charge in [-0.05, 0) is 24.7 Å². The maximum atomic E-state index is 11.1. The van der Waals surface area contributed by atoms with Crippen LogP contribution in [0.15, 0.2) is 0 Å². The summed E-state index contributed by atoms with van der Waals surface area (Å²) in [4.78, 5) is 11.1. The molecule has 2 nitrogen and oxygen atoms in total. The number of nitrogens with one attached hydrogen (secondary N) is 1. The Morgan fingerprint density at radius 2 is 1.92 bits per heavy atom. The number of carbonyl (C=O) groups is 1. The lowest BCUT2D eigenvalue weighted by atomic mass is 9.79. The minimum atomic E-state index is -0.0349. The first-order valence-electron chi connectivity index (χ1n) is 5.00. The van der Waals surface area contributed by atoms with E-state index in [1.807, 2.05) is 0 Å². The molecule has 13 heavy (non-hydrogen) atoms. The second kappa shape index (κ2) is 4.85. The van der Waals surface area contributed by atoms with Crippen LogP contribution in [0.5, 0.6) is 0 Å². The van der Waals surface area contributed by atoms with Gasteiger partial charge in [-0.1, -0.05) is 20.3 Å². The molecule has 1 aliphatic carbocycles. The first-order chi connectivity index (χ1) is 6.15. The molecule has 0 aromatic rings. The summed E-state index contributed by atoms with van der Waals surface area (Å²) >= 11 is 5.45. The highest BCUT2D eigenvalue weighted by atomic mass is 35.5. The van der Waals surface area contributed by atoms with Gasteiger partial charge >= 0.3 is 0 Å².